The molecule has 0 aliphatic carbocycles. The number of amides is 1. The van der Waals surface area contributed by atoms with Crippen LogP contribution in [0.2, 0.25) is 0 Å². The van der Waals surface area contributed by atoms with Crippen molar-refractivity contribution in [3.05, 3.63) is 126 Å². The van der Waals surface area contributed by atoms with Gasteiger partial charge < -0.3 is 5.32 Å². The Kier molecular flexibility index (Phi) is 7.30. The van der Waals surface area contributed by atoms with Crippen LogP contribution in [0, 0.1) is 0 Å². The van der Waals surface area contributed by atoms with Gasteiger partial charge in [0.2, 0.25) is 0 Å². The minimum absolute atomic E-state index is 0.0941. The van der Waals surface area contributed by atoms with E-state index < -0.39 is 0 Å². The lowest BCUT2D eigenvalue weighted by Gasteiger charge is -2.31. The monoisotopic (exact) mass is 449 g/mol. The van der Waals surface area contributed by atoms with Crippen molar-refractivity contribution in [2.24, 2.45) is 4.99 Å². The number of nitrogens with one attached hydrogen (secondary N) is 2. The van der Waals surface area contributed by atoms with Crippen molar-refractivity contribution >= 4 is 23.1 Å². The number of carbonyl (C=O) groups is 1. The van der Waals surface area contributed by atoms with E-state index in [4.69, 9.17) is 0 Å². The molecule has 6 nitrogen and oxygen atoms in total. The van der Waals surface area contributed by atoms with Gasteiger partial charge in [0.1, 0.15) is 5.84 Å². The summed E-state index contributed by atoms with van der Waals surface area (Å²) in [6, 6.07) is 21.2. The van der Waals surface area contributed by atoms with Gasteiger partial charge in [-0.3, -0.25) is 20.2 Å². The van der Waals surface area contributed by atoms with Gasteiger partial charge in [0.05, 0.1) is 17.1 Å². The molecule has 1 amide bonds. The number of pyridine rings is 1. The van der Waals surface area contributed by atoms with Gasteiger partial charge in [-0.1, -0.05) is 43.0 Å². The predicted molar refractivity (Wildman–Crippen MR) is 137 cm³/mol. The van der Waals surface area contributed by atoms with Crippen molar-refractivity contribution in [3.8, 4) is 0 Å². The fraction of sp³-hybridized carbons (Fsp3) is 0.107. The lowest BCUT2D eigenvalue weighted by molar-refractivity contribution is 0.0954. The molecule has 0 bridgehead atoms. The number of benzene rings is 2. The lowest BCUT2D eigenvalue weighted by atomic mass is 10.1. The van der Waals surface area contributed by atoms with E-state index in [-0.39, 0.29) is 5.91 Å². The van der Waals surface area contributed by atoms with E-state index in [1.54, 1.807) is 12.4 Å². The first-order valence-electron chi connectivity index (χ1n) is 11.1. The van der Waals surface area contributed by atoms with Crippen LogP contribution >= 0.6 is 0 Å². The van der Waals surface area contributed by atoms with Gasteiger partial charge in [0.15, 0.2) is 0 Å². The molecule has 6 heteroatoms. The maximum Gasteiger partial charge on any atom is 0.251 e. The van der Waals surface area contributed by atoms with E-state index in [9.17, 15) is 4.79 Å². The molecule has 2 N–H and O–H groups in total. The largest absolute Gasteiger partial charge is 0.352 e. The average molecular weight is 450 g/mol. The summed E-state index contributed by atoms with van der Waals surface area (Å²) in [6.07, 6.45) is 10.2. The molecule has 0 spiro atoms. The molecule has 1 aliphatic rings. The topological polar surface area (TPSA) is 69.6 Å². The first-order valence-corrected chi connectivity index (χ1v) is 11.1. The van der Waals surface area contributed by atoms with E-state index in [1.165, 1.54) is 0 Å². The van der Waals surface area contributed by atoms with Crippen molar-refractivity contribution in [1.29, 1.82) is 0 Å². The number of aromatic nitrogens is 1. The van der Waals surface area contributed by atoms with Crippen LogP contribution in [0.15, 0.2) is 115 Å². The number of carbonyl (C=O) groups excluding carboxylic acids is 1. The number of rotatable bonds is 7. The molecular weight excluding hydrogens is 422 g/mol. The second-order valence-electron chi connectivity index (χ2n) is 7.82. The molecule has 2 aromatic carbocycles. The smallest absolute Gasteiger partial charge is 0.251 e. The van der Waals surface area contributed by atoms with Crippen LogP contribution in [0.25, 0.3) is 5.70 Å². The standard InChI is InChI=1S/C28H27N5O/c1-21-7-6-10-27(33(21)32-22(2)31-26-8-4-3-5-9-26)24-11-13-25(14-12-24)28(34)30-20-17-23-15-18-29-19-16-23/h3-16,18-19H,1,17,20H2,2H3,(H,30,34)(H,31,32). The quantitative estimate of drug-likeness (QED) is 0.392. The Morgan fingerprint density at radius 2 is 1.76 bits per heavy atom. The van der Waals surface area contributed by atoms with Gasteiger partial charge in [-0.25, -0.2) is 4.99 Å². The maximum absolute atomic E-state index is 12.6. The summed E-state index contributed by atoms with van der Waals surface area (Å²) in [6.45, 7) is 6.63. The van der Waals surface area contributed by atoms with Gasteiger partial charge in [0, 0.05) is 30.1 Å². The van der Waals surface area contributed by atoms with Crippen molar-refractivity contribution in [1.82, 2.24) is 20.7 Å². The van der Waals surface area contributed by atoms with Gasteiger partial charge >= 0.3 is 0 Å². The third kappa shape index (κ3) is 5.86. The highest BCUT2D eigenvalue weighted by molar-refractivity contribution is 5.94. The molecule has 0 unspecified atom stereocenters. The molecule has 0 saturated carbocycles. The van der Waals surface area contributed by atoms with Crippen molar-refractivity contribution < 1.29 is 4.79 Å². The van der Waals surface area contributed by atoms with Gasteiger partial charge in [-0.15, -0.1) is 0 Å². The van der Waals surface area contributed by atoms with Crippen LogP contribution in [0.3, 0.4) is 0 Å². The highest BCUT2D eigenvalue weighted by Gasteiger charge is 2.17. The zero-order chi connectivity index (χ0) is 23.8. The molecule has 34 heavy (non-hydrogen) atoms. The number of para-hydroxylation sites is 1. The summed E-state index contributed by atoms with van der Waals surface area (Å²) in [5.74, 6) is 0.641. The molecule has 0 radical (unpaired) electrons. The molecule has 1 aromatic heterocycles. The number of hydrogen-bond donors (Lipinski definition) is 2. The average Bonchev–Trinajstić information content (AvgIpc) is 2.86. The first kappa shape index (κ1) is 22.7. The first-order chi connectivity index (χ1) is 16.6. The van der Waals surface area contributed by atoms with Crippen LogP contribution in [0.4, 0.5) is 5.69 Å². The Morgan fingerprint density at radius 3 is 2.50 bits per heavy atom. The summed E-state index contributed by atoms with van der Waals surface area (Å²) in [5, 5.41) is 4.87. The highest BCUT2D eigenvalue weighted by Crippen LogP contribution is 2.25. The van der Waals surface area contributed by atoms with Crippen molar-refractivity contribution in [3.63, 3.8) is 0 Å². The Balaban J connectivity index is 1.42. The van der Waals surface area contributed by atoms with E-state index in [2.05, 4.69) is 27.3 Å². The molecule has 0 atom stereocenters. The predicted octanol–water partition coefficient (Wildman–Crippen LogP) is 5.04. The molecule has 170 valence electrons. The minimum Gasteiger partial charge on any atom is -0.352 e. The second-order valence-corrected chi connectivity index (χ2v) is 7.82. The molecule has 1 aliphatic heterocycles. The van der Waals surface area contributed by atoms with Crippen LogP contribution < -0.4 is 10.7 Å². The van der Waals surface area contributed by atoms with Crippen LogP contribution in [0.5, 0.6) is 0 Å². The number of nitrogens with zero attached hydrogens (tertiary/aromatic N) is 3. The van der Waals surface area contributed by atoms with Gasteiger partial charge in [-0.05, 0) is 67.5 Å². The molecule has 2 heterocycles. The van der Waals surface area contributed by atoms with Crippen LogP contribution in [-0.4, -0.2) is 28.3 Å². The highest BCUT2D eigenvalue weighted by atomic mass is 16.1. The summed E-state index contributed by atoms with van der Waals surface area (Å²) in [5.41, 5.74) is 8.62. The number of hydrazine groups is 1. The third-order valence-electron chi connectivity index (χ3n) is 5.29. The number of amidine groups is 1. The normalized spacial score (nSPS) is 13.4. The molecule has 0 fully saturated rings. The zero-order valence-corrected chi connectivity index (χ0v) is 19.1. The summed E-state index contributed by atoms with van der Waals surface area (Å²) in [7, 11) is 0. The summed E-state index contributed by atoms with van der Waals surface area (Å²) >= 11 is 0. The van der Waals surface area contributed by atoms with Gasteiger partial charge in [0.25, 0.3) is 5.91 Å². The number of allylic oxidation sites excluding steroid dienone is 3. The Labute approximate surface area is 200 Å². The van der Waals surface area contributed by atoms with Crippen LogP contribution in [-0.2, 0) is 6.42 Å². The number of aliphatic imine (C=N–C) groups is 1. The maximum atomic E-state index is 12.6. The van der Waals surface area contributed by atoms with Gasteiger partial charge in [-0.2, -0.15) is 0 Å². The Hall–Kier alpha value is -4.45. The summed E-state index contributed by atoms with van der Waals surface area (Å²) in [4.78, 5) is 21.2. The zero-order valence-electron chi connectivity index (χ0n) is 19.1. The lowest BCUT2D eigenvalue weighted by Crippen LogP contribution is -2.39. The number of hydrogen-bond acceptors (Lipinski definition) is 4. The molecule has 3 aromatic rings. The Bertz CT molecular complexity index is 1230. The fourth-order valence-electron chi connectivity index (χ4n) is 3.56. The second kappa shape index (κ2) is 10.9. The Morgan fingerprint density at radius 1 is 1.03 bits per heavy atom. The molecule has 0 saturated heterocycles. The molecule has 4 rings (SSSR count). The van der Waals surface area contributed by atoms with Crippen molar-refractivity contribution in [2.75, 3.05) is 6.54 Å². The third-order valence-corrected chi connectivity index (χ3v) is 5.29. The molecular formula is C28H27N5O. The SMILES string of the molecule is C=C1C=CC=C(c2ccc(C(=O)NCCc3ccncc3)cc2)N1NC(C)=Nc1ccccc1. The van der Waals surface area contributed by atoms with E-state index >= 15 is 0 Å². The van der Waals surface area contributed by atoms with Crippen LogP contribution in [0.1, 0.15) is 28.4 Å². The fourth-order valence-corrected chi connectivity index (χ4v) is 3.56. The summed E-state index contributed by atoms with van der Waals surface area (Å²) < 4.78 is 0. The van der Waals surface area contributed by atoms with E-state index in [1.807, 2.05) is 96.9 Å². The van der Waals surface area contributed by atoms with E-state index in [0.29, 0.717) is 12.1 Å². The minimum atomic E-state index is -0.0941. The van der Waals surface area contributed by atoms with Crippen molar-refractivity contribution in [2.45, 2.75) is 13.3 Å². The van der Waals surface area contributed by atoms with E-state index in [0.717, 1.165) is 40.5 Å².